The van der Waals surface area contributed by atoms with Crippen LogP contribution in [0.4, 0.5) is 0 Å². The molecule has 1 fully saturated rings. The van der Waals surface area contributed by atoms with Crippen LogP contribution < -0.4 is 5.32 Å². The molecule has 26 heavy (non-hydrogen) atoms. The molecule has 0 bridgehead atoms. The van der Waals surface area contributed by atoms with Crippen LogP contribution in [0.1, 0.15) is 49.9 Å². The molecule has 1 aliphatic rings. The van der Waals surface area contributed by atoms with Crippen molar-refractivity contribution in [1.29, 1.82) is 0 Å². The average molecular weight is 357 g/mol. The number of benzene rings is 1. The van der Waals surface area contributed by atoms with Crippen molar-refractivity contribution in [2.75, 3.05) is 0 Å². The van der Waals surface area contributed by atoms with Gasteiger partial charge in [0.25, 0.3) is 5.91 Å². The first-order chi connectivity index (χ1) is 12.5. The standard InChI is InChI=1S/C18H23N5O3/c1-12-5-3-4-6-16(12)20-17(24)13(2)26-18(25)14-7-9-15(10-8-14)23-11-19-21-22-23/h7-13,16H,3-6H2,1-2H3,(H,20,24)/t12-,13-,16-/m1/s1. The number of nitrogens with one attached hydrogen (secondary N) is 1. The summed E-state index contributed by atoms with van der Waals surface area (Å²) in [5.74, 6) is -0.329. The fourth-order valence-corrected chi connectivity index (χ4v) is 3.14. The van der Waals surface area contributed by atoms with Gasteiger partial charge in [0.2, 0.25) is 0 Å². The van der Waals surface area contributed by atoms with Crippen molar-refractivity contribution in [2.24, 2.45) is 5.92 Å². The average Bonchev–Trinajstić information content (AvgIpc) is 3.18. The van der Waals surface area contributed by atoms with Gasteiger partial charge in [0.1, 0.15) is 6.33 Å². The van der Waals surface area contributed by atoms with Crippen molar-refractivity contribution in [2.45, 2.75) is 51.7 Å². The van der Waals surface area contributed by atoms with Gasteiger partial charge in [-0.25, -0.2) is 9.48 Å². The summed E-state index contributed by atoms with van der Waals surface area (Å²) in [4.78, 5) is 24.6. The molecule has 0 unspecified atom stereocenters. The Morgan fingerprint density at radius 2 is 1.96 bits per heavy atom. The summed E-state index contributed by atoms with van der Waals surface area (Å²) in [5, 5.41) is 13.9. The number of ether oxygens (including phenoxy) is 1. The molecule has 2 aromatic rings. The number of amides is 1. The molecular formula is C18H23N5O3. The lowest BCUT2D eigenvalue weighted by Crippen LogP contribution is -2.45. The number of nitrogens with zero attached hydrogens (tertiary/aromatic N) is 4. The normalized spacial score (nSPS) is 21.0. The van der Waals surface area contributed by atoms with E-state index >= 15 is 0 Å². The van der Waals surface area contributed by atoms with Crippen LogP contribution in [0.5, 0.6) is 0 Å². The van der Waals surface area contributed by atoms with Crippen molar-refractivity contribution >= 4 is 11.9 Å². The van der Waals surface area contributed by atoms with Gasteiger partial charge in [-0.15, -0.1) is 5.10 Å². The van der Waals surface area contributed by atoms with Gasteiger partial charge >= 0.3 is 5.97 Å². The largest absolute Gasteiger partial charge is 0.449 e. The smallest absolute Gasteiger partial charge is 0.338 e. The molecule has 3 atom stereocenters. The summed E-state index contributed by atoms with van der Waals surface area (Å²) in [6, 6.07) is 6.82. The van der Waals surface area contributed by atoms with E-state index in [1.807, 2.05) is 0 Å². The number of tetrazole rings is 1. The summed E-state index contributed by atoms with van der Waals surface area (Å²) >= 11 is 0. The zero-order valence-corrected chi connectivity index (χ0v) is 15.0. The van der Waals surface area contributed by atoms with Crippen LogP contribution >= 0.6 is 0 Å². The Balaban J connectivity index is 1.55. The molecule has 8 heteroatoms. The molecule has 1 aliphatic carbocycles. The Kier molecular flexibility index (Phi) is 5.60. The van der Waals surface area contributed by atoms with Gasteiger partial charge in [-0.3, -0.25) is 4.79 Å². The lowest BCUT2D eigenvalue weighted by molar-refractivity contribution is -0.130. The number of aromatic nitrogens is 4. The van der Waals surface area contributed by atoms with Gasteiger partial charge in [0.05, 0.1) is 11.3 Å². The second-order valence-corrected chi connectivity index (χ2v) is 6.73. The van der Waals surface area contributed by atoms with E-state index < -0.39 is 12.1 Å². The van der Waals surface area contributed by atoms with Gasteiger partial charge in [-0.05, 0) is 60.4 Å². The second kappa shape index (κ2) is 8.07. The molecule has 3 rings (SSSR count). The summed E-state index contributed by atoms with van der Waals surface area (Å²) in [7, 11) is 0. The lowest BCUT2D eigenvalue weighted by Gasteiger charge is -2.30. The predicted molar refractivity (Wildman–Crippen MR) is 93.6 cm³/mol. The Bertz CT molecular complexity index is 745. The molecule has 1 heterocycles. The molecule has 8 nitrogen and oxygen atoms in total. The highest BCUT2D eigenvalue weighted by Crippen LogP contribution is 2.23. The predicted octanol–water partition coefficient (Wildman–Crippen LogP) is 1.90. The summed E-state index contributed by atoms with van der Waals surface area (Å²) < 4.78 is 6.79. The minimum Gasteiger partial charge on any atom is -0.449 e. The van der Waals surface area contributed by atoms with E-state index in [1.165, 1.54) is 17.4 Å². The maximum Gasteiger partial charge on any atom is 0.338 e. The first kappa shape index (κ1) is 18.0. The van der Waals surface area contributed by atoms with E-state index in [9.17, 15) is 9.59 Å². The van der Waals surface area contributed by atoms with E-state index in [0.29, 0.717) is 11.5 Å². The summed E-state index contributed by atoms with van der Waals surface area (Å²) in [5.41, 5.74) is 1.09. The van der Waals surface area contributed by atoms with Crippen molar-refractivity contribution in [3.05, 3.63) is 36.2 Å². The number of hydrogen-bond donors (Lipinski definition) is 1. The quantitative estimate of drug-likeness (QED) is 0.821. The second-order valence-electron chi connectivity index (χ2n) is 6.73. The van der Waals surface area contributed by atoms with Crippen LogP contribution in [0.15, 0.2) is 30.6 Å². The molecule has 138 valence electrons. The van der Waals surface area contributed by atoms with Crippen LogP contribution in [0, 0.1) is 5.92 Å². The van der Waals surface area contributed by atoms with Crippen LogP contribution in [0.25, 0.3) is 5.69 Å². The highest BCUT2D eigenvalue weighted by atomic mass is 16.5. The lowest BCUT2D eigenvalue weighted by atomic mass is 9.86. The van der Waals surface area contributed by atoms with Crippen LogP contribution in [-0.4, -0.2) is 44.2 Å². The number of esters is 1. The Morgan fingerprint density at radius 1 is 1.23 bits per heavy atom. The summed E-state index contributed by atoms with van der Waals surface area (Å²) in [6.07, 6.45) is 5.05. The highest BCUT2D eigenvalue weighted by molar-refractivity contribution is 5.92. The maximum atomic E-state index is 12.3. The molecule has 0 aliphatic heterocycles. The molecule has 1 amide bonds. The molecule has 1 saturated carbocycles. The molecule has 1 aromatic heterocycles. The molecule has 1 aromatic carbocycles. The molecule has 0 spiro atoms. The zero-order chi connectivity index (χ0) is 18.5. The van der Waals surface area contributed by atoms with Crippen molar-refractivity contribution in [3.63, 3.8) is 0 Å². The van der Waals surface area contributed by atoms with Crippen LogP contribution in [0.3, 0.4) is 0 Å². The van der Waals surface area contributed by atoms with Crippen molar-refractivity contribution in [1.82, 2.24) is 25.5 Å². The minimum absolute atomic E-state index is 0.160. The molecule has 0 radical (unpaired) electrons. The molecule has 1 N–H and O–H groups in total. The Morgan fingerprint density at radius 3 is 2.62 bits per heavy atom. The number of carbonyl (C=O) groups is 2. The minimum atomic E-state index is -0.837. The highest BCUT2D eigenvalue weighted by Gasteiger charge is 2.26. The first-order valence-electron chi connectivity index (χ1n) is 8.89. The maximum absolute atomic E-state index is 12.3. The third-order valence-corrected chi connectivity index (χ3v) is 4.81. The van der Waals surface area contributed by atoms with Crippen molar-refractivity contribution < 1.29 is 14.3 Å². The molecular weight excluding hydrogens is 334 g/mol. The van der Waals surface area contributed by atoms with Crippen molar-refractivity contribution in [3.8, 4) is 5.69 Å². The number of rotatable bonds is 5. The van der Waals surface area contributed by atoms with E-state index in [4.69, 9.17) is 4.74 Å². The van der Waals surface area contributed by atoms with Gasteiger partial charge in [-0.1, -0.05) is 19.8 Å². The topological polar surface area (TPSA) is 99.0 Å². The molecule has 0 saturated heterocycles. The number of hydrogen-bond acceptors (Lipinski definition) is 6. The fraction of sp³-hybridized carbons (Fsp3) is 0.500. The van der Waals surface area contributed by atoms with Gasteiger partial charge in [0, 0.05) is 6.04 Å². The monoisotopic (exact) mass is 357 g/mol. The van der Waals surface area contributed by atoms with Crippen LogP contribution in [0.2, 0.25) is 0 Å². The third-order valence-electron chi connectivity index (χ3n) is 4.81. The van der Waals surface area contributed by atoms with E-state index in [-0.39, 0.29) is 11.9 Å². The van der Waals surface area contributed by atoms with Gasteiger partial charge in [0.15, 0.2) is 6.10 Å². The van der Waals surface area contributed by atoms with E-state index in [2.05, 4.69) is 27.8 Å². The van der Waals surface area contributed by atoms with Gasteiger partial charge < -0.3 is 10.1 Å². The first-order valence-corrected chi connectivity index (χ1v) is 8.89. The number of carbonyl (C=O) groups excluding carboxylic acids is 2. The Labute approximate surface area is 151 Å². The van der Waals surface area contributed by atoms with E-state index in [1.54, 1.807) is 31.2 Å². The Hall–Kier alpha value is -2.77. The fourth-order valence-electron chi connectivity index (χ4n) is 3.14. The SMILES string of the molecule is C[C@@H]1CCCC[C@H]1NC(=O)[C@@H](C)OC(=O)c1ccc(-n2cnnn2)cc1. The van der Waals surface area contributed by atoms with E-state index in [0.717, 1.165) is 24.9 Å². The zero-order valence-electron chi connectivity index (χ0n) is 15.0. The summed E-state index contributed by atoms with van der Waals surface area (Å²) in [6.45, 7) is 3.74. The van der Waals surface area contributed by atoms with Crippen LogP contribution in [-0.2, 0) is 9.53 Å². The third kappa shape index (κ3) is 4.25. The van der Waals surface area contributed by atoms with Gasteiger partial charge in [-0.2, -0.15) is 0 Å².